The maximum absolute atomic E-state index is 12.0. The highest BCUT2D eigenvalue weighted by atomic mass is 16.5. The molecule has 1 amide bonds. The van der Waals surface area contributed by atoms with Crippen LogP contribution in [0.25, 0.3) is 0 Å². The number of ether oxygens (including phenoxy) is 1. The Balaban J connectivity index is 2.08. The Morgan fingerprint density at radius 2 is 2.32 bits per heavy atom. The first-order valence-corrected chi connectivity index (χ1v) is 6.61. The molecule has 102 valence electrons. The largest absolute Gasteiger partial charge is 0.483 e. The van der Waals surface area contributed by atoms with E-state index in [1.165, 1.54) is 0 Å². The van der Waals surface area contributed by atoms with Crippen LogP contribution in [0.15, 0.2) is 18.5 Å². The van der Waals surface area contributed by atoms with E-state index in [0.717, 1.165) is 12.0 Å². The standard InChI is InChI=1S/C14H18N2O3/c1-14(2)13(18)12(16-7-3-4-11(16)17)9-5-6-15-8-10(9)19-14/h5-6,8,12-13,18H,3-4,7H2,1-2H3/t12-,13+/m0/s1. The maximum Gasteiger partial charge on any atom is 0.223 e. The number of hydrogen-bond acceptors (Lipinski definition) is 4. The fraction of sp³-hybridized carbons (Fsp3) is 0.571. The monoisotopic (exact) mass is 262 g/mol. The predicted octanol–water partition coefficient (Wildman–Crippen LogP) is 1.28. The van der Waals surface area contributed by atoms with Crippen molar-refractivity contribution in [2.45, 2.75) is 44.4 Å². The molecule has 2 aliphatic heterocycles. The topological polar surface area (TPSA) is 62.7 Å². The molecule has 0 unspecified atom stereocenters. The van der Waals surface area contributed by atoms with Gasteiger partial charge >= 0.3 is 0 Å². The Hall–Kier alpha value is -1.62. The van der Waals surface area contributed by atoms with Gasteiger partial charge in [-0.05, 0) is 26.3 Å². The Kier molecular flexibility index (Phi) is 2.74. The van der Waals surface area contributed by atoms with E-state index in [-0.39, 0.29) is 11.9 Å². The quantitative estimate of drug-likeness (QED) is 0.828. The van der Waals surface area contributed by atoms with Gasteiger partial charge in [0.25, 0.3) is 0 Å². The summed E-state index contributed by atoms with van der Waals surface area (Å²) < 4.78 is 5.81. The highest BCUT2D eigenvalue weighted by Gasteiger charge is 2.47. The molecule has 0 bridgehead atoms. The van der Waals surface area contributed by atoms with Crippen molar-refractivity contribution in [1.82, 2.24) is 9.88 Å². The van der Waals surface area contributed by atoms with E-state index in [0.29, 0.717) is 18.7 Å². The van der Waals surface area contributed by atoms with Crippen LogP contribution < -0.4 is 4.74 Å². The van der Waals surface area contributed by atoms with Gasteiger partial charge in [-0.1, -0.05) is 0 Å². The van der Waals surface area contributed by atoms with E-state index in [4.69, 9.17) is 4.74 Å². The second-order valence-electron chi connectivity index (χ2n) is 5.70. The van der Waals surface area contributed by atoms with Gasteiger partial charge in [-0.3, -0.25) is 9.78 Å². The van der Waals surface area contributed by atoms with E-state index < -0.39 is 11.7 Å². The average molecular weight is 262 g/mol. The number of fused-ring (bicyclic) bond motifs is 1. The second-order valence-corrected chi connectivity index (χ2v) is 5.70. The Morgan fingerprint density at radius 1 is 1.53 bits per heavy atom. The lowest BCUT2D eigenvalue weighted by Gasteiger charge is -2.45. The number of carbonyl (C=O) groups excluding carboxylic acids is 1. The predicted molar refractivity (Wildman–Crippen MR) is 68.6 cm³/mol. The van der Waals surface area contributed by atoms with Crippen LogP contribution in [-0.4, -0.2) is 39.1 Å². The molecule has 3 heterocycles. The molecule has 3 rings (SSSR count). The molecule has 1 saturated heterocycles. The molecule has 1 fully saturated rings. The third-order valence-electron chi connectivity index (χ3n) is 3.97. The number of carbonyl (C=O) groups is 1. The highest BCUT2D eigenvalue weighted by molar-refractivity contribution is 5.79. The maximum atomic E-state index is 12.0. The molecule has 1 aromatic rings. The van der Waals surface area contributed by atoms with Gasteiger partial charge in [-0.2, -0.15) is 0 Å². The molecule has 0 saturated carbocycles. The number of amides is 1. The number of rotatable bonds is 1. The lowest BCUT2D eigenvalue weighted by molar-refractivity contribution is -0.139. The van der Waals surface area contributed by atoms with E-state index in [9.17, 15) is 9.90 Å². The van der Waals surface area contributed by atoms with Gasteiger partial charge in [0.1, 0.15) is 17.5 Å². The molecule has 5 heteroatoms. The molecular formula is C14H18N2O3. The van der Waals surface area contributed by atoms with Crippen molar-refractivity contribution >= 4 is 5.91 Å². The van der Waals surface area contributed by atoms with Crippen molar-refractivity contribution in [2.24, 2.45) is 0 Å². The first kappa shape index (κ1) is 12.4. The zero-order valence-corrected chi connectivity index (χ0v) is 11.2. The van der Waals surface area contributed by atoms with Crippen LogP contribution in [-0.2, 0) is 4.79 Å². The third kappa shape index (κ3) is 1.89. The molecule has 0 aliphatic carbocycles. The second kappa shape index (κ2) is 4.20. The fourth-order valence-corrected chi connectivity index (χ4v) is 2.92. The minimum Gasteiger partial charge on any atom is -0.483 e. The van der Waals surface area contributed by atoms with Crippen molar-refractivity contribution in [1.29, 1.82) is 0 Å². The summed E-state index contributed by atoms with van der Waals surface area (Å²) >= 11 is 0. The number of hydrogen-bond donors (Lipinski definition) is 1. The number of aliphatic hydroxyl groups is 1. The molecule has 0 aromatic carbocycles. The van der Waals surface area contributed by atoms with Gasteiger partial charge < -0.3 is 14.7 Å². The van der Waals surface area contributed by atoms with Gasteiger partial charge in [-0.15, -0.1) is 0 Å². The van der Waals surface area contributed by atoms with E-state index in [2.05, 4.69) is 4.98 Å². The summed E-state index contributed by atoms with van der Waals surface area (Å²) in [5.74, 6) is 0.756. The van der Waals surface area contributed by atoms with E-state index >= 15 is 0 Å². The Labute approximate surface area is 112 Å². The fourth-order valence-electron chi connectivity index (χ4n) is 2.92. The zero-order valence-electron chi connectivity index (χ0n) is 11.2. The first-order valence-electron chi connectivity index (χ1n) is 6.61. The lowest BCUT2D eigenvalue weighted by atomic mass is 9.86. The van der Waals surface area contributed by atoms with Crippen LogP contribution in [0.1, 0.15) is 38.3 Å². The number of nitrogens with zero attached hydrogens (tertiary/aromatic N) is 2. The zero-order chi connectivity index (χ0) is 13.6. The van der Waals surface area contributed by atoms with Crippen molar-refractivity contribution in [3.05, 3.63) is 24.0 Å². The van der Waals surface area contributed by atoms with Crippen molar-refractivity contribution in [3.8, 4) is 5.75 Å². The SMILES string of the molecule is CC1(C)Oc2cnccc2[C@H](N2CCCC2=O)[C@H]1O. The molecule has 0 spiro atoms. The normalized spacial score (nSPS) is 29.0. The Morgan fingerprint density at radius 3 is 3.00 bits per heavy atom. The summed E-state index contributed by atoms with van der Waals surface area (Å²) in [4.78, 5) is 17.8. The molecule has 5 nitrogen and oxygen atoms in total. The summed E-state index contributed by atoms with van der Waals surface area (Å²) in [6.07, 6.45) is 3.98. The number of aromatic nitrogens is 1. The molecule has 0 radical (unpaired) electrons. The summed E-state index contributed by atoms with van der Waals surface area (Å²) in [5, 5.41) is 10.6. The molecular weight excluding hydrogens is 244 g/mol. The van der Waals surface area contributed by atoms with Crippen LogP contribution in [0.3, 0.4) is 0 Å². The number of aliphatic hydroxyl groups excluding tert-OH is 1. The average Bonchev–Trinajstić information content (AvgIpc) is 2.77. The summed E-state index contributed by atoms with van der Waals surface area (Å²) in [7, 11) is 0. The summed E-state index contributed by atoms with van der Waals surface area (Å²) in [6, 6.07) is 1.49. The van der Waals surface area contributed by atoms with Crippen LogP contribution in [0.4, 0.5) is 0 Å². The summed E-state index contributed by atoms with van der Waals surface area (Å²) in [6.45, 7) is 4.36. The lowest BCUT2D eigenvalue weighted by Crippen LogP contribution is -2.53. The molecule has 19 heavy (non-hydrogen) atoms. The smallest absolute Gasteiger partial charge is 0.223 e. The highest BCUT2D eigenvalue weighted by Crippen LogP contribution is 2.43. The van der Waals surface area contributed by atoms with E-state index in [1.807, 2.05) is 19.9 Å². The van der Waals surface area contributed by atoms with Crippen LogP contribution in [0, 0.1) is 0 Å². The van der Waals surface area contributed by atoms with Gasteiger partial charge in [0.05, 0.1) is 12.2 Å². The Bertz CT molecular complexity index is 515. The minimum atomic E-state index is -0.746. The van der Waals surface area contributed by atoms with Gasteiger partial charge in [0.2, 0.25) is 5.91 Å². The van der Waals surface area contributed by atoms with Crippen LogP contribution in [0.5, 0.6) is 5.75 Å². The third-order valence-corrected chi connectivity index (χ3v) is 3.97. The van der Waals surface area contributed by atoms with Crippen LogP contribution in [0.2, 0.25) is 0 Å². The number of pyridine rings is 1. The number of likely N-dealkylation sites (tertiary alicyclic amines) is 1. The summed E-state index contributed by atoms with van der Waals surface area (Å²) in [5.41, 5.74) is 0.112. The van der Waals surface area contributed by atoms with Crippen molar-refractivity contribution in [3.63, 3.8) is 0 Å². The van der Waals surface area contributed by atoms with Gasteiger partial charge in [0, 0.05) is 24.7 Å². The minimum absolute atomic E-state index is 0.101. The molecule has 1 N–H and O–H groups in total. The van der Waals surface area contributed by atoms with Crippen molar-refractivity contribution in [2.75, 3.05) is 6.54 Å². The van der Waals surface area contributed by atoms with Crippen LogP contribution >= 0.6 is 0 Å². The van der Waals surface area contributed by atoms with Gasteiger partial charge in [0.15, 0.2) is 0 Å². The first-order chi connectivity index (χ1) is 9.00. The molecule has 2 atom stereocenters. The van der Waals surface area contributed by atoms with Gasteiger partial charge in [-0.25, -0.2) is 0 Å². The van der Waals surface area contributed by atoms with Crippen molar-refractivity contribution < 1.29 is 14.6 Å². The van der Waals surface area contributed by atoms with E-state index in [1.54, 1.807) is 17.3 Å². The molecule has 2 aliphatic rings. The molecule has 1 aromatic heterocycles.